The number of carbonyl (C=O) groups is 1. The van der Waals surface area contributed by atoms with Gasteiger partial charge >= 0.3 is 11.6 Å². The van der Waals surface area contributed by atoms with E-state index in [1.807, 2.05) is 0 Å². The van der Waals surface area contributed by atoms with Crippen LogP contribution in [0.2, 0.25) is 0 Å². The van der Waals surface area contributed by atoms with E-state index in [9.17, 15) is 25.0 Å². The van der Waals surface area contributed by atoms with E-state index in [4.69, 9.17) is 9.15 Å². The molecule has 1 heterocycles. The first kappa shape index (κ1) is 21.2. The maximum atomic E-state index is 12.1. The number of non-ortho nitro benzene ring substituents is 1. The fourth-order valence-electron chi connectivity index (χ4n) is 2.52. The molecule has 11 nitrogen and oxygen atoms in total. The number of hydrogen-bond acceptors (Lipinski definition) is 8. The molecule has 0 aliphatic rings. The molecule has 3 aromatic rings. The highest BCUT2D eigenvalue weighted by atomic mass is 16.6. The minimum atomic E-state index is -0.620. The van der Waals surface area contributed by atoms with Crippen LogP contribution in [-0.2, 0) is 6.61 Å². The Morgan fingerprint density at radius 3 is 2.52 bits per heavy atom. The number of amides is 1. The third-order valence-electron chi connectivity index (χ3n) is 4.05. The van der Waals surface area contributed by atoms with Gasteiger partial charge in [-0.25, -0.2) is 5.43 Å². The number of aryl methyl sites for hydroxylation is 1. The Morgan fingerprint density at radius 1 is 1.10 bits per heavy atom. The van der Waals surface area contributed by atoms with Gasteiger partial charge in [0.05, 0.1) is 16.1 Å². The van der Waals surface area contributed by atoms with Crippen LogP contribution in [0.4, 0.5) is 11.4 Å². The van der Waals surface area contributed by atoms with Gasteiger partial charge in [0.15, 0.2) is 11.5 Å². The number of nitro groups is 2. The van der Waals surface area contributed by atoms with Gasteiger partial charge in [0.1, 0.15) is 12.4 Å². The van der Waals surface area contributed by atoms with E-state index in [1.165, 1.54) is 54.7 Å². The van der Waals surface area contributed by atoms with E-state index in [-0.39, 0.29) is 29.5 Å². The minimum absolute atomic E-state index is 0.0298. The number of ether oxygens (including phenoxy) is 1. The van der Waals surface area contributed by atoms with E-state index in [1.54, 1.807) is 13.0 Å². The number of rotatable bonds is 8. The highest BCUT2D eigenvalue weighted by Gasteiger charge is 2.16. The molecule has 0 fully saturated rings. The number of hydrazone groups is 1. The van der Waals surface area contributed by atoms with Crippen LogP contribution >= 0.6 is 0 Å². The van der Waals surface area contributed by atoms with Crippen molar-refractivity contribution in [2.75, 3.05) is 0 Å². The molecule has 11 heteroatoms. The molecule has 0 atom stereocenters. The van der Waals surface area contributed by atoms with E-state index >= 15 is 0 Å². The number of nitro benzene ring substituents is 2. The van der Waals surface area contributed by atoms with Crippen molar-refractivity contribution < 1.29 is 23.8 Å². The number of nitrogens with one attached hydrogen (secondary N) is 1. The molecule has 0 saturated heterocycles. The van der Waals surface area contributed by atoms with Crippen LogP contribution in [0.3, 0.4) is 0 Å². The Kier molecular flexibility index (Phi) is 6.36. The van der Waals surface area contributed by atoms with Crippen molar-refractivity contribution in [2.45, 2.75) is 13.5 Å². The molecule has 1 N–H and O–H groups in total. The lowest BCUT2D eigenvalue weighted by Gasteiger charge is -2.05. The van der Waals surface area contributed by atoms with Crippen molar-refractivity contribution in [3.8, 4) is 5.75 Å². The Labute approximate surface area is 175 Å². The van der Waals surface area contributed by atoms with E-state index in [0.717, 1.165) is 5.56 Å². The molecule has 0 aliphatic carbocycles. The second-order valence-corrected chi connectivity index (χ2v) is 6.33. The van der Waals surface area contributed by atoms with Crippen LogP contribution in [-0.4, -0.2) is 22.0 Å². The van der Waals surface area contributed by atoms with Crippen molar-refractivity contribution in [3.05, 3.63) is 97.5 Å². The van der Waals surface area contributed by atoms with E-state index < -0.39 is 15.8 Å². The zero-order chi connectivity index (χ0) is 22.4. The second-order valence-electron chi connectivity index (χ2n) is 6.33. The third-order valence-corrected chi connectivity index (χ3v) is 4.05. The van der Waals surface area contributed by atoms with Gasteiger partial charge in [-0.05, 0) is 48.4 Å². The molecule has 1 aromatic heterocycles. The number of nitrogens with zero attached hydrogens (tertiary/aromatic N) is 3. The average molecular weight is 424 g/mol. The molecule has 0 aliphatic heterocycles. The maximum absolute atomic E-state index is 12.1. The summed E-state index contributed by atoms with van der Waals surface area (Å²) in [5.41, 5.74) is 3.34. The molecule has 0 unspecified atom stereocenters. The molecule has 2 aromatic carbocycles. The summed E-state index contributed by atoms with van der Waals surface area (Å²) in [6.07, 6.45) is 1.32. The lowest BCUT2D eigenvalue weighted by molar-refractivity contribution is -0.386. The minimum Gasteiger partial charge on any atom is -0.479 e. The normalized spacial score (nSPS) is 10.7. The van der Waals surface area contributed by atoms with Gasteiger partial charge in [-0.15, -0.1) is 0 Å². The van der Waals surface area contributed by atoms with Crippen LogP contribution < -0.4 is 10.2 Å². The van der Waals surface area contributed by atoms with Gasteiger partial charge < -0.3 is 9.15 Å². The smallest absolute Gasteiger partial charge is 0.311 e. The summed E-state index contributed by atoms with van der Waals surface area (Å²) < 4.78 is 10.8. The molecule has 0 saturated carbocycles. The number of furan rings is 1. The van der Waals surface area contributed by atoms with Gasteiger partial charge in [0.25, 0.3) is 5.69 Å². The summed E-state index contributed by atoms with van der Waals surface area (Å²) in [5.74, 6) is -0.270. The molecule has 0 spiro atoms. The molecular weight excluding hydrogens is 408 g/mol. The molecular formula is C20H16N4O7. The quantitative estimate of drug-likeness (QED) is 0.328. The summed E-state index contributed by atoms with van der Waals surface area (Å²) in [5, 5.41) is 25.5. The van der Waals surface area contributed by atoms with Crippen LogP contribution in [0, 0.1) is 27.2 Å². The summed E-state index contributed by atoms with van der Waals surface area (Å²) in [7, 11) is 0. The van der Waals surface area contributed by atoms with Gasteiger partial charge in [-0.1, -0.05) is 6.07 Å². The van der Waals surface area contributed by atoms with Crippen molar-refractivity contribution in [3.63, 3.8) is 0 Å². The third kappa shape index (κ3) is 5.50. The van der Waals surface area contributed by atoms with Gasteiger partial charge in [0, 0.05) is 18.2 Å². The van der Waals surface area contributed by atoms with Crippen molar-refractivity contribution in [2.24, 2.45) is 5.10 Å². The summed E-state index contributed by atoms with van der Waals surface area (Å²) >= 11 is 0. The van der Waals surface area contributed by atoms with E-state index in [2.05, 4.69) is 10.5 Å². The molecule has 1 amide bonds. The number of carbonyl (C=O) groups excluding carboxylic acids is 1. The van der Waals surface area contributed by atoms with Gasteiger partial charge in [-0.3, -0.25) is 25.0 Å². The van der Waals surface area contributed by atoms with Gasteiger partial charge in [0.2, 0.25) is 0 Å². The second kappa shape index (κ2) is 9.31. The predicted octanol–water partition coefficient (Wildman–Crippen LogP) is 3.75. The maximum Gasteiger partial charge on any atom is 0.311 e. The van der Waals surface area contributed by atoms with Crippen LogP contribution in [0.1, 0.15) is 27.4 Å². The number of benzene rings is 2. The molecule has 0 radical (unpaired) electrons. The lowest BCUT2D eigenvalue weighted by atomic mass is 10.2. The Hall–Kier alpha value is -4.54. The highest BCUT2D eigenvalue weighted by molar-refractivity contribution is 5.92. The monoisotopic (exact) mass is 424 g/mol. The number of hydrogen-bond donors (Lipinski definition) is 1. The van der Waals surface area contributed by atoms with Crippen molar-refractivity contribution in [1.82, 2.24) is 5.43 Å². The van der Waals surface area contributed by atoms with Crippen molar-refractivity contribution >= 4 is 23.5 Å². The standard InChI is InChI=1S/C20H16N4O7/c1-13-2-8-18(17(10-13)24(28)29)30-12-16-7-9-19(31-16)20(25)22-21-11-14-3-5-15(6-4-14)23(26)27/h2-11H,12H2,1H3,(H,22,25). The average Bonchev–Trinajstić information content (AvgIpc) is 3.22. The summed E-state index contributed by atoms with van der Waals surface area (Å²) in [6, 6.07) is 13.1. The van der Waals surface area contributed by atoms with Crippen LogP contribution in [0.5, 0.6) is 5.75 Å². The summed E-state index contributed by atoms with van der Waals surface area (Å²) in [6.45, 7) is 1.63. The highest BCUT2D eigenvalue weighted by Crippen LogP contribution is 2.28. The zero-order valence-electron chi connectivity index (χ0n) is 16.2. The molecule has 0 bridgehead atoms. The molecule has 31 heavy (non-hydrogen) atoms. The largest absolute Gasteiger partial charge is 0.479 e. The zero-order valence-corrected chi connectivity index (χ0v) is 16.2. The Bertz CT molecular complexity index is 1150. The summed E-state index contributed by atoms with van der Waals surface area (Å²) in [4.78, 5) is 32.8. The first-order valence-corrected chi connectivity index (χ1v) is 8.88. The lowest BCUT2D eigenvalue weighted by Crippen LogP contribution is -2.16. The van der Waals surface area contributed by atoms with Crippen molar-refractivity contribution in [1.29, 1.82) is 0 Å². The van der Waals surface area contributed by atoms with Crippen LogP contribution in [0.15, 0.2) is 64.1 Å². The fraction of sp³-hybridized carbons (Fsp3) is 0.100. The van der Waals surface area contributed by atoms with Crippen LogP contribution in [0.25, 0.3) is 0 Å². The van der Waals surface area contributed by atoms with E-state index in [0.29, 0.717) is 11.3 Å². The fourth-order valence-corrected chi connectivity index (χ4v) is 2.52. The predicted molar refractivity (Wildman–Crippen MR) is 109 cm³/mol. The van der Waals surface area contributed by atoms with Gasteiger partial charge in [-0.2, -0.15) is 5.10 Å². The Morgan fingerprint density at radius 2 is 1.84 bits per heavy atom. The first-order chi connectivity index (χ1) is 14.8. The first-order valence-electron chi connectivity index (χ1n) is 8.88. The Balaban J connectivity index is 1.57. The molecule has 3 rings (SSSR count). The molecule has 158 valence electrons. The topological polar surface area (TPSA) is 150 Å². The SMILES string of the molecule is Cc1ccc(OCc2ccc(C(=O)NN=Cc3ccc([N+](=O)[O-])cc3)o2)c([N+](=O)[O-])c1.